The summed E-state index contributed by atoms with van der Waals surface area (Å²) in [7, 11) is 1.99. The van der Waals surface area contributed by atoms with Crippen molar-refractivity contribution in [2.45, 2.75) is 20.4 Å². The third kappa shape index (κ3) is 3.08. The van der Waals surface area contributed by atoms with Crippen molar-refractivity contribution in [1.82, 2.24) is 9.47 Å². The van der Waals surface area contributed by atoms with Crippen LogP contribution in [0.3, 0.4) is 0 Å². The average Bonchev–Trinajstić information content (AvgIpc) is 2.94. The molecular weight excluding hydrogens is 388 g/mol. The first-order chi connectivity index (χ1) is 11.4. The Balaban J connectivity index is 1.87. The van der Waals surface area contributed by atoms with Crippen molar-refractivity contribution >= 4 is 44.9 Å². The van der Waals surface area contributed by atoms with E-state index in [4.69, 9.17) is 0 Å². The lowest BCUT2D eigenvalue weighted by atomic mass is 10.2. The molecule has 1 aromatic carbocycles. The van der Waals surface area contributed by atoms with Crippen molar-refractivity contribution in [2.24, 2.45) is 7.05 Å². The number of rotatable bonds is 3. The van der Waals surface area contributed by atoms with Crippen LogP contribution in [0.1, 0.15) is 22.5 Å². The van der Waals surface area contributed by atoms with E-state index < -0.39 is 0 Å². The van der Waals surface area contributed by atoms with E-state index in [2.05, 4.69) is 20.5 Å². The zero-order chi connectivity index (χ0) is 17.4. The second-order valence-corrected chi connectivity index (χ2v) is 7.59. The molecule has 6 heteroatoms. The number of aromatic nitrogens is 1. The zero-order valence-corrected chi connectivity index (χ0v) is 16.1. The second kappa shape index (κ2) is 6.61. The highest BCUT2D eigenvalue weighted by Crippen LogP contribution is 2.34. The molecule has 1 saturated heterocycles. The summed E-state index contributed by atoms with van der Waals surface area (Å²) in [4.78, 5) is 26.7. The zero-order valence-electron chi connectivity index (χ0n) is 13.7. The van der Waals surface area contributed by atoms with E-state index in [0.717, 1.165) is 38.7 Å². The molecule has 1 aliphatic rings. The summed E-state index contributed by atoms with van der Waals surface area (Å²) in [5, 5.41) is -0.229. The van der Waals surface area contributed by atoms with Crippen LogP contribution < -0.4 is 0 Å². The Bertz CT molecular complexity index is 870. The predicted octanol–water partition coefficient (Wildman–Crippen LogP) is 4.64. The van der Waals surface area contributed by atoms with Gasteiger partial charge >= 0.3 is 0 Å². The number of hydrogen-bond donors (Lipinski definition) is 0. The number of aryl methyl sites for hydroxylation is 1. The fourth-order valence-electron chi connectivity index (χ4n) is 2.61. The Labute approximate surface area is 153 Å². The molecule has 0 unspecified atom stereocenters. The van der Waals surface area contributed by atoms with Gasteiger partial charge in [0, 0.05) is 22.9 Å². The SMILES string of the molecule is Cc1cc(/C=C2\SC(=O)N(Cc3ccccc3Br)C2=O)c(C)n1C. The van der Waals surface area contributed by atoms with Crippen molar-refractivity contribution in [3.8, 4) is 0 Å². The largest absolute Gasteiger partial charge is 0.352 e. The number of thioether (sulfide) groups is 1. The van der Waals surface area contributed by atoms with Crippen LogP contribution in [0.25, 0.3) is 6.08 Å². The number of benzene rings is 1. The third-order valence-electron chi connectivity index (χ3n) is 4.26. The Morgan fingerprint density at radius 3 is 2.54 bits per heavy atom. The third-order valence-corrected chi connectivity index (χ3v) is 5.94. The molecule has 3 rings (SSSR count). The first-order valence-electron chi connectivity index (χ1n) is 7.50. The van der Waals surface area contributed by atoms with E-state index in [1.807, 2.05) is 57.3 Å². The second-order valence-electron chi connectivity index (χ2n) is 5.74. The molecule has 0 N–H and O–H groups in total. The first-order valence-corrected chi connectivity index (χ1v) is 9.11. The monoisotopic (exact) mass is 404 g/mol. The molecule has 0 atom stereocenters. The smallest absolute Gasteiger partial charge is 0.293 e. The maximum atomic E-state index is 12.6. The van der Waals surface area contributed by atoms with Crippen LogP contribution in [0, 0.1) is 13.8 Å². The molecule has 0 saturated carbocycles. The van der Waals surface area contributed by atoms with Gasteiger partial charge in [-0.25, -0.2) is 0 Å². The van der Waals surface area contributed by atoms with E-state index in [-0.39, 0.29) is 17.7 Å². The lowest BCUT2D eigenvalue weighted by molar-refractivity contribution is -0.123. The average molecular weight is 405 g/mol. The van der Waals surface area contributed by atoms with Crippen molar-refractivity contribution in [3.63, 3.8) is 0 Å². The highest BCUT2D eigenvalue weighted by Gasteiger charge is 2.35. The quantitative estimate of drug-likeness (QED) is 0.699. The van der Waals surface area contributed by atoms with Gasteiger partial charge in [0.1, 0.15) is 0 Å². The van der Waals surface area contributed by atoms with Crippen LogP contribution in [0.4, 0.5) is 4.79 Å². The van der Waals surface area contributed by atoms with Crippen LogP contribution in [0.5, 0.6) is 0 Å². The number of carbonyl (C=O) groups excluding carboxylic acids is 2. The molecule has 0 aliphatic carbocycles. The van der Waals surface area contributed by atoms with Crippen LogP contribution in [0.2, 0.25) is 0 Å². The Morgan fingerprint density at radius 1 is 1.21 bits per heavy atom. The number of nitrogens with zero attached hydrogens (tertiary/aromatic N) is 2. The summed E-state index contributed by atoms with van der Waals surface area (Å²) in [6.45, 7) is 4.30. The molecule has 1 fully saturated rings. The number of hydrogen-bond acceptors (Lipinski definition) is 3. The van der Waals surface area contributed by atoms with Crippen LogP contribution in [-0.4, -0.2) is 20.6 Å². The lowest BCUT2D eigenvalue weighted by Gasteiger charge is -2.13. The van der Waals surface area contributed by atoms with Gasteiger partial charge < -0.3 is 4.57 Å². The molecule has 2 heterocycles. The molecule has 1 aliphatic heterocycles. The highest BCUT2D eigenvalue weighted by atomic mass is 79.9. The number of imide groups is 1. The minimum absolute atomic E-state index is 0.229. The maximum absolute atomic E-state index is 12.6. The minimum Gasteiger partial charge on any atom is -0.352 e. The van der Waals surface area contributed by atoms with E-state index in [9.17, 15) is 9.59 Å². The molecule has 24 heavy (non-hydrogen) atoms. The summed E-state index contributed by atoms with van der Waals surface area (Å²) in [5.74, 6) is -0.235. The van der Waals surface area contributed by atoms with E-state index in [0.29, 0.717) is 4.91 Å². The van der Waals surface area contributed by atoms with Crippen molar-refractivity contribution < 1.29 is 9.59 Å². The molecule has 1 aromatic heterocycles. The first kappa shape index (κ1) is 17.0. The summed E-state index contributed by atoms with van der Waals surface area (Å²) in [5.41, 5.74) is 4.07. The molecule has 2 amide bonds. The van der Waals surface area contributed by atoms with Crippen molar-refractivity contribution in [1.29, 1.82) is 0 Å². The normalized spacial score (nSPS) is 16.5. The van der Waals surface area contributed by atoms with Gasteiger partial charge in [0.05, 0.1) is 11.4 Å². The van der Waals surface area contributed by atoms with Crippen molar-refractivity contribution in [3.05, 3.63) is 62.2 Å². The van der Waals surface area contributed by atoms with Crippen LogP contribution >= 0.6 is 27.7 Å². The number of halogens is 1. The van der Waals surface area contributed by atoms with Gasteiger partial charge in [-0.1, -0.05) is 34.1 Å². The van der Waals surface area contributed by atoms with Gasteiger partial charge in [-0.15, -0.1) is 0 Å². The predicted molar refractivity (Wildman–Crippen MR) is 101 cm³/mol. The molecule has 0 spiro atoms. The molecule has 4 nitrogen and oxygen atoms in total. The summed E-state index contributed by atoms with van der Waals surface area (Å²) in [6, 6.07) is 9.63. The Morgan fingerprint density at radius 2 is 1.92 bits per heavy atom. The van der Waals surface area contributed by atoms with E-state index in [1.165, 1.54) is 4.90 Å². The fourth-order valence-corrected chi connectivity index (χ4v) is 3.84. The van der Waals surface area contributed by atoms with E-state index in [1.54, 1.807) is 0 Å². The molecule has 0 bridgehead atoms. The van der Waals surface area contributed by atoms with Gasteiger partial charge in [0.15, 0.2) is 0 Å². The Hall–Kier alpha value is -1.79. The highest BCUT2D eigenvalue weighted by molar-refractivity contribution is 9.10. The van der Waals surface area contributed by atoms with Gasteiger partial charge in [-0.2, -0.15) is 0 Å². The maximum Gasteiger partial charge on any atom is 0.293 e. The van der Waals surface area contributed by atoms with Crippen molar-refractivity contribution in [2.75, 3.05) is 0 Å². The van der Waals surface area contributed by atoms with Gasteiger partial charge in [-0.3, -0.25) is 14.5 Å². The van der Waals surface area contributed by atoms with Gasteiger partial charge in [0.2, 0.25) is 0 Å². The molecular formula is C18H17BrN2O2S. The summed E-state index contributed by atoms with van der Waals surface area (Å²) >= 11 is 4.46. The summed E-state index contributed by atoms with van der Waals surface area (Å²) < 4.78 is 2.96. The van der Waals surface area contributed by atoms with E-state index >= 15 is 0 Å². The molecule has 2 aromatic rings. The Kier molecular flexibility index (Phi) is 4.69. The summed E-state index contributed by atoms with van der Waals surface area (Å²) in [6.07, 6.45) is 1.81. The fraction of sp³-hybridized carbons (Fsp3) is 0.222. The molecule has 124 valence electrons. The minimum atomic E-state index is -0.235. The number of carbonyl (C=O) groups is 2. The standard InChI is InChI=1S/C18H17BrN2O2S/c1-11-8-14(12(2)20(11)3)9-16-17(22)21(18(23)24-16)10-13-6-4-5-7-15(13)19/h4-9H,10H2,1-3H3/b16-9-. The van der Waals surface area contributed by atoms with Gasteiger partial charge in [-0.05, 0) is 54.9 Å². The topological polar surface area (TPSA) is 42.3 Å². The molecule has 0 radical (unpaired) electrons. The lowest BCUT2D eigenvalue weighted by Crippen LogP contribution is -2.27. The van der Waals surface area contributed by atoms with Crippen LogP contribution in [0.15, 0.2) is 39.7 Å². The van der Waals surface area contributed by atoms with Gasteiger partial charge in [0.25, 0.3) is 11.1 Å². The van der Waals surface area contributed by atoms with Crippen LogP contribution in [-0.2, 0) is 18.4 Å². The number of amides is 2.